The summed E-state index contributed by atoms with van der Waals surface area (Å²) < 4.78 is 5.52. The molecule has 0 aliphatic carbocycles. The molecule has 6 heteroatoms. The zero-order valence-electron chi connectivity index (χ0n) is 18.7. The average Bonchev–Trinajstić information content (AvgIpc) is 3.15. The summed E-state index contributed by atoms with van der Waals surface area (Å²) in [6.07, 6.45) is 2.12. The highest BCUT2D eigenvalue weighted by atomic mass is 16.5. The first-order valence-electron chi connectivity index (χ1n) is 11.5. The highest BCUT2D eigenvalue weighted by Crippen LogP contribution is 2.28. The fourth-order valence-electron chi connectivity index (χ4n) is 4.81. The minimum absolute atomic E-state index is 0.128. The Labute approximate surface area is 189 Å². The monoisotopic (exact) mass is 430 g/mol. The number of piperazine rings is 1. The minimum atomic E-state index is 0.128. The predicted octanol–water partition coefficient (Wildman–Crippen LogP) is 3.80. The summed E-state index contributed by atoms with van der Waals surface area (Å²) in [5.74, 6) is 1.07. The molecule has 1 amide bonds. The molecule has 0 bridgehead atoms. The number of carbonyl (C=O) groups excluding carboxylic acids is 1. The molecule has 166 valence electrons. The summed E-state index contributed by atoms with van der Waals surface area (Å²) >= 11 is 0. The maximum absolute atomic E-state index is 12.8. The van der Waals surface area contributed by atoms with Crippen molar-refractivity contribution in [2.24, 2.45) is 0 Å². The standard InChI is InChI=1S/C26H30N4O2/c1-32-25-11-5-4-10-24(25)29-16-14-28(15-17-29)12-6-7-13-30-19-23-21(26(30)31)18-20-8-2-3-9-22(20)27-23/h2-5,8-11,18H,6-7,12-17,19H2,1H3. The molecule has 32 heavy (non-hydrogen) atoms. The third-order valence-electron chi connectivity index (χ3n) is 6.61. The van der Waals surface area contributed by atoms with Gasteiger partial charge in [0, 0.05) is 38.1 Å². The van der Waals surface area contributed by atoms with Crippen LogP contribution in [0.25, 0.3) is 10.9 Å². The molecule has 0 atom stereocenters. The van der Waals surface area contributed by atoms with Gasteiger partial charge < -0.3 is 14.5 Å². The van der Waals surface area contributed by atoms with Gasteiger partial charge in [0.05, 0.1) is 36.1 Å². The van der Waals surface area contributed by atoms with Crippen molar-refractivity contribution in [3.8, 4) is 5.75 Å². The van der Waals surface area contributed by atoms with Gasteiger partial charge in [0.1, 0.15) is 5.75 Å². The van der Waals surface area contributed by atoms with Crippen molar-refractivity contribution < 1.29 is 9.53 Å². The van der Waals surface area contributed by atoms with Gasteiger partial charge in [-0.3, -0.25) is 14.7 Å². The zero-order chi connectivity index (χ0) is 21.9. The Bertz CT molecular complexity index is 1110. The molecule has 1 aromatic heterocycles. The summed E-state index contributed by atoms with van der Waals surface area (Å²) in [7, 11) is 1.73. The second kappa shape index (κ2) is 9.17. The molecule has 3 aromatic rings. The van der Waals surface area contributed by atoms with Crippen LogP contribution < -0.4 is 9.64 Å². The van der Waals surface area contributed by atoms with Crippen LogP contribution in [0.4, 0.5) is 5.69 Å². The molecular weight excluding hydrogens is 400 g/mol. The van der Waals surface area contributed by atoms with E-state index < -0.39 is 0 Å². The number of fused-ring (bicyclic) bond motifs is 2. The van der Waals surface area contributed by atoms with E-state index in [0.717, 1.165) is 80.0 Å². The van der Waals surface area contributed by atoms with Gasteiger partial charge in [-0.15, -0.1) is 0 Å². The zero-order valence-corrected chi connectivity index (χ0v) is 18.7. The summed E-state index contributed by atoms with van der Waals surface area (Å²) in [5.41, 5.74) is 3.84. The molecular formula is C26H30N4O2. The van der Waals surface area contributed by atoms with Crippen LogP contribution in [0.1, 0.15) is 28.9 Å². The van der Waals surface area contributed by atoms with Gasteiger partial charge in [-0.2, -0.15) is 0 Å². The van der Waals surface area contributed by atoms with Crippen LogP contribution in [0.5, 0.6) is 5.75 Å². The molecule has 1 saturated heterocycles. The molecule has 0 spiro atoms. The molecule has 0 saturated carbocycles. The summed E-state index contributed by atoms with van der Waals surface area (Å²) in [5, 5.41) is 1.04. The third kappa shape index (κ3) is 4.15. The summed E-state index contributed by atoms with van der Waals surface area (Å²) in [6.45, 7) is 6.66. The van der Waals surface area contributed by atoms with Crippen molar-refractivity contribution in [1.29, 1.82) is 0 Å². The molecule has 0 unspecified atom stereocenters. The largest absolute Gasteiger partial charge is 0.495 e. The van der Waals surface area contributed by atoms with Gasteiger partial charge in [0.2, 0.25) is 0 Å². The van der Waals surface area contributed by atoms with Crippen molar-refractivity contribution >= 4 is 22.5 Å². The summed E-state index contributed by atoms with van der Waals surface area (Å²) in [6, 6.07) is 18.3. The number of para-hydroxylation sites is 3. The second-order valence-electron chi connectivity index (χ2n) is 8.61. The SMILES string of the molecule is COc1ccccc1N1CCN(CCCCN2Cc3nc4ccccc4cc3C2=O)CC1. The van der Waals surface area contributed by atoms with E-state index in [2.05, 4.69) is 21.9 Å². The number of hydrogen-bond donors (Lipinski definition) is 0. The van der Waals surface area contributed by atoms with Gasteiger partial charge in [0.15, 0.2) is 0 Å². The lowest BCUT2D eigenvalue weighted by Crippen LogP contribution is -2.46. The molecule has 1 fully saturated rings. The number of rotatable bonds is 7. The van der Waals surface area contributed by atoms with Crippen molar-refractivity contribution in [2.75, 3.05) is 51.3 Å². The van der Waals surface area contributed by atoms with Crippen LogP contribution in [0.2, 0.25) is 0 Å². The maximum atomic E-state index is 12.8. The van der Waals surface area contributed by atoms with E-state index in [-0.39, 0.29) is 5.91 Å². The fourth-order valence-corrected chi connectivity index (χ4v) is 4.81. The van der Waals surface area contributed by atoms with Gasteiger partial charge in [0.25, 0.3) is 5.91 Å². The molecule has 2 aromatic carbocycles. The molecule has 5 rings (SSSR count). The van der Waals surface area contributed by atoms with Crippen molar-refractivity contribution in [3.05, 3.63) is 65.9 Å². The van der Waals surface area contributed by atoms with Crippen LogP contribution in [0.3, 0.4) is 0 Å². The quantitative estimate of drug-likeness (QED) is 0.534. The number of benzene rings is 2. The van der Waals surface area contributed by atoms with Crippen molar-refractivity contribution in [2.45, 2.75) is 19.4 Å². The number of carbonyl (C=O) groups is 1. The first kappa shape index (κ1) is 20.8. The molecule has 6 nitrogen and oxygen atoms in total. The Morgan fingerprint density at radius 3 is 2.53 bits per heavy atom. The number of anilines is 1. The van der Waals surface area contributed by atoms with E-state index in [1.54, 1.807) is 7.11 Å². The third-order valence-corrected chi connectivity index (χ3v) is 6.61. The van der Waals surface area contributed by atoms with Crippen LogP contribution in [0.15, 0.2) is 54.6 Å². The van der Waals surface area contributed by atoms with Gasteiger partial charge >= 0.3 is 0 Å². The Morgan fingerprint density at radius 2 is 1.69 bits per heavy atom. The minimum Gasteiger partial charge on any atom is -0.495 e. The number of amides is 1. The van der Waals surface area contributed by atoms with Gasteiger partial charge in [-0.1, -0.05) is 30.3 Å². The van der Waals surface area contributed by atoms with Crippen LogP contribution in [0, 0.1) is 0 Å². The number of methoxy groups -OCH3 is 1. The second-order valence-corrected chi connectivity index (χ2v) is 8.61. The lowest BCUT2D eigenvalue weighted by atomic mass is 10.1. The average molecular weight is 431 g/mol. The Kier molecular flexibility index (Phi) is 5.95. The predicted molar refractivity (Wildman–Crippen MR) is 127 cm³/mol. The summed E-state index contributed by atoms with van der Waals surface area (Å²) in [4.78, 5) is 24.4. The van der Waals surface area contributed by atoms with E-state index >= 15 is 0 Å². The Balaban J connectivity index is 1.08. The van der Waals surface area contributed by atoms with E-state index in [9.17, 15) is 4.79 Å². The van der Waals surface area contributed by atoms with E-state index in [1.807, 2.05) is 47.4 Å². The highest BCUT2D eigenvalue weighted by molar-refractivity contribution is 6.00. The first-order valence-corrected chi connectivity index (χ1v) is 11.5. The fraction of sp³-hybridized carbons (Fsp3) is 0.385. The number of unbranched alkanes of at least 4 members (excludes halogenated alkanes) is 1. The van der Waals surface area contributed by atoms with E-state index in [4.69, 9.17) is 9.72 Å². The molecule has 2 aliphatic heterocycles. The number of aromatic nitrogens is 1. The normalized spacial score (nSPS) is 16.6. The number of ether oxygens (including phenoxy) is 1. The molecule has 0 N–H and O–H groups in total. The van der Waals surface area contributed by atoms with Gasteiger partial charge in [-0.05, 0) is 43.7 Å². The Hall–Kier alpha value is -3.12. The van der Waals surface area contributed by atoms with Crippen LogP contribution in [-0.4, -0.2) is 67.1 Å². The lowest BCUT2D eigenvalue weighted by Gasteiger charge is -2.36. The number of nitrogens with zero attached hydrogens (tertiary/aromatic N) is 4. The van der Waals surface area contributed by atoms with E-state index in [0.29, 0.717) is 6.54 Å². The lowest BCUT2D eigenvalue weighted by molar-refractivity contribution is 0.0773. The molecule has 2 aliphatic rings. The topological polar surface area (TPSA) is 48.9 Å². The van der Waals surface area contributed by atoms with Crippen molar-refractivity contribution in [3.63, 3.8) is 0 Å². The van der Waals surface area contributed by atoms with Crippen molar-refractivity contribution in [1.82, 2.24) is 14.8 Å². The van der Waals surface area contributed by atoms with Crippen LogP contribution in [-0.2, 0) is 6.54 Å². The Morgan fingerprint density at radius 1 is 0.938 bits per heavy atom. The van der Waals surface area contributed by atoms with E-state index in [1.165, 1.54) is 5.69 Å². The molecule has 0 radical (unpaired) electrons. The maximum Gasteiger partial charge on any atom is 0.256 e. The first-order chi connectivity index (χ1) is 15.7. The van der Waals surface area contributed by atoms with Crippen LogP contribution >= 0.6 is 0 Å². The number of hydrogen-bond acceptors (Lipinski definition) is 5. The number of pyridine rings is 1. The smallest absolute Gasteiger partial charge is 0.256 e. The highest BCUT2D eigenvalue weighted by Gasteiger charge is 2.28. The molecule has 3 heterocycles. The van der Waals surface area contributed by atoms with Gasteiger partial charge in [-0.25, -0.2) is 0 Å².